The van der Waals surface area contributed by atoms with Crippen LogP contribution in [-0.4, -0.2) is 119 Å². The minimum atomic E-state index is 0.284. The van der Waals surface area contributed by atoms with E-state index >= 15 is 0 Å². The van der Waals surface area contributed by atoms with Crippen molar-refractivity contribution in [1.82, 2.24) is 19.6 Å². The first-order valence-corrected chi connectivity index (χ1v) is 25.2. The Morgan fingerprint density at radius 3 is 1.17 bits per heavy atom. The molecule has 368 valence electrons. The molecule has 0 atom stereocenters. The Hall–Kier alpha value is -3.84. The molecule has 0 amide bonds. The fraction of sp³-hybridized carbons (Fsp3) is 0.571. The van der Waals surface area contributed by atoms with E-state index in [0.29, 0.717) is 38.1 Å². The zero-order valence-electron chi connectivity index (χ0n) is 41.4. The molecule has 4 aromatic carbocycles. The van der Waals surface area contributed by atoms with Crippen LogP contribution < -0.4 is 0 Å². The average Bonchev–Trinajstić information content (AvgIpc) is 3.32. The zero-order chi connectivity index (χ0) is 47.5. The molecule has 4 N–H and O–H groups in total. The number of unbranched alkanes of at least 4 members (excludes halogenated alkanes) is 8. The van der Waals surface area contributed by atoms with Gasteiger partial charge in [0.2, 0.25) is 0 Å². The number of benzene rings is 4. The molecule has 0 aliphatic heterocycles. The van der Waals surface area contributed by atoms with E-state index in [2.05, 4.69) is 95.8 Å². The number of hydrogen-bond acceptors (Lipinski definition) is 10. The van der Waals surface area contributed by atoms with Crippen LogP contribution in [0.15, 0.2) is 97.1 Å². The number of aromatic hydroxyl groups is 2. The van der Waals surface area contributed by atoms with Crippen molar-refractivity contribution < 1.29 is 29.9 Å². The maximum Gasteiger partial charge on any atom is 0.120 e. The summed E-state index contributed by atoms with van der Waals surface area (Å²) in [6, 6.07) is 32.4. The first-order chi connectivity index (χ1) is 32.3. The third-order valence-electron chi connectivity index (χ3n) is 12.1. The zero-order valence-corrected chi connectivity index (χ0v) is 41.4. The highest BCUT2D eigenvalue weighted by molar-refractivity contribution is 5.32. The van der Waals surface area contributed by atoms with Gasteiger partial charge in [0.1, 0.15) is 11.5 Å². The van der Waals surface area contributed by atoms with Gasteiger partial charge < -0.3 is 29.9 Å². The van der Waals surface area contributed by atoms with Gasteiger partial charge in [0, 0.05) is 89.9 Å². The van der Waals surface area contributed by atoms with Gasteiger partial charge in [0.05, 0.1) is 13.5 Å². The first-order valence-electron chi connectivity index (χ1n) is 25.2. The second kappa shape index (κ2) is 36.2. The van der Waals surface area contributed by atoms with E-state index in [4.69, 9.17) is 19.7 Å². The number of phenols is 2. The van der Waals surface area contributed by atoms with Crippen LogP contribution in [0, 0.1) is 13.8 Å². The SMILES string of the molecule is CCCCCOCN(CCN(CCCCCCO)Cc1ccccc1C)Cc1ccccc1O.CCCOCN(CCN(CCCCCCO)Cc1ccccc1C)Cc1ccccc1O. The molecule has 0 aliphatic carbocycles. The monoisotopic (exact) mass is 913 g/mol. The summed E-state index contributed by atoms with van der Waals surface area (Å²) >= 11 is 0. The Labute approximate surface area is 400 Å². The molecule has 0 spiro atoms. The Kier molecular flexibility index (Phi) is 31.0. The normalized spacial score (nSPS) is 11.5. The number of aliphatic hydroxyl groups is 2. The third-order valence-corrected chi connectivity index (χ3v) is 12.1. The van der Waals surface area contributed by atoms with Crippen molar-refractivity contribution in [2.24, 2.45) is 0 Å². The van der Waals surface area contributed by atoms with Gasteiger partial charge in [-0.2, -0.15) is 0 Å². The summed E-state index contributed by atoms with van der Waals surface area (Å²) in [5, 5.41) is 38.6. The molecule has 0 bridgehead atoms. The molecule has 4 aromatic rings. The Morgan fingerprint density at radius 1 is 0.379 bits per heavy atom. The standard InChI is InChI=1S/C29H46N2O3.C27H42N2O3/c1-3-4-13-22-34-25-31(24-28-16-9-10-17-29(28)33)20-19-30(18-11-5-6-12-21-32)23-27-15-8-7-14-26(27)2;1-3-20-32-23-29(22-26-14-8-9-15-27(26)31)18-17-28(16-10-4-5-11-19-30)21-25-13-7-6-12-24(25)2/h7-10,14-17,32-33H,3-6,11-13,18-25H2,1-2H3;6-9,12-15,30-31H,3-5,10-11,16-23H2,1-2H3. The summed E-state index contributed by atoms with van der Waals surface area (Å²) < 4.78 is 11.9. The van der Waals surface area contributed by atoms with E-state index < -0.39 is 0 Å². The van der Waals surface area contributed by atoms with Crippen molar-refractivity contribution in [3.63, 3.8) is 0 Å². The van der Waals surface area contributed by atoms with Gasteiger partial charge in [-0.1, -0.05) is 137 Å². The molecule has 0 saturated heterocycles. The number of ether oxygens (including phenoxy) is 2. The quantitative estimate of drug-likeness (QED) is 0.0260. The Bertz CT molecular complexity index is 1730. The molecular formula is C56H88N4O6. The van der Waals surface area contributed by atoms with Crippen molar-refractivity contribution in [2.75, 3.05) is 79.2 Å². The Balaban J connectivity index is 0.000000351. The summed E-state index contributed by atoms with van der Waals surface area (Å²) in [7, 11) is 0. The van der Waals surface area contributed by atoms with Crippen molar-refractivity contribution in [3.8, 4) is 11.5 Å². The van der Waals surface area contributed by atoms with Crippen LogP contribution in [0.1, 0.15) is 124 Å². The average molecular weight is 913 g/mol. The number of para-hydroxylation sites is 2. The second-order valence-corrected chi connectivity index (χ2v) is 17.8. The Morgan fingerprint density at radius 2 is 0.758 bits per heavy atom. The largest absolute Gasteiger partial charge is 0.508 e. The molecule has 0 saturated carbocycles. The van der Waals surface area contributed by atoms with Gasteiger partial charge >= 0.3 is 0 Å². The lowest BCUT2D eigenvalue weighted by Gasteiger charge is -2.28. The summed E-state index contributed by atoms with van der Waals surface area (Å²) in [6.45, 7) is 20.9. The fourth-order valence-electron chi connectivity index (χ4n) is 7.90. The predicted octanol–water partition coefficient (Wildman–Crippen LogP) is 10.7. The number of aryl methyl sites for hydroxylation is 2. The summed E-state index contributed by atoms with van der Waals surface area (Å²) in [4.78, 5) is 9.65. The second-order valence-electron chi connectivity index (χ2n) is 17.8. The van der Waals surface area contributed by atoms with E-state index in [9.17, 15) is 10.2 Å². The molecule has 0 aliphatic rings. The molecule has 0 aromatic heterocycles. The maximum atomic E-state index is 10.3. The smallest absolute Gasteiger partial charge is 0.120 e. The highest BCUT2D eigenvalue weighted by atomic mass is 16.5. The molecule has 66 heavy (non-hydrogen) atoms. The number of phenolic OH excluding ortho intramolecular Hbond substituents is 2. The van der Waals surface area contributed by atoms with Crippen LogP contribution in [0.5, 0.6) is 11.5 Å². The molecule has 4 rings (SSSR count). The van der Waals surface area contributed by atoms with Gasteiger partial charge in [-0.15, -0.1) is 0 Å². The van der Waals surface area contributed by atoms with E-state index in [1.165, 1.54) is 35.1 Å². The predicted molar refractivity (Wildman–Crippen MR) is 273 cm³/mol. The van der Waals surface area contributed by atoms with Crippen LogP contribution in [-0.2, 0) is 35.7 Å². The van der Waals surface area contributed by atoms with Crippen LogP contribution in [0.2, 0.25) is 0 Å². The molecular weight excluding hydrogens is 825 g/mol. The van der Waals surface area contributed by atoms with E-state index in [1.54, 1.807) is 12.1 Å². The summed E-state index contributed by atoms with van der Waals surface area (Å²) in [5.41, 5.74) is 7.28. The topological polar surface area (TPSA) is 112 Å². The molecule has 10 heteroatoms. The minimum absolute atomic E-state index is 0.284. The van der Waals surface area contributed by atoms with Crippen molar-refractivity contribution >= 4 is 0 Å². The molecule has 0 fully saturated rings. The van der Waals surface area contributed by atoms with Crippen LogP contribution >= 0.6 is 0 Å². The lowest BCUT2D eigenvalue weighted by atomic mass is 10.1. The van der Waals surface area contributed by atoms with Gasteiger partial charge in [-0.3, -0.25) is 19.6 Å². The van der Waals surface area contributed by atoms with Gasteiger partial charge in [0.25, 0.3) is 0 Å². The number of hydrogen-bond donors (Lipinski definition) is 4. The number of rotatable bonds is 36. The van der Waals surface area contributed by atoms with E-state index in [1.807, 2.05) is 36.4 Å². The third kappa shape index (κ3) is 24.8. The first kappa shape index (κ1) is 56.5. The van der Waals surface area contributed by atoms with Crippen LogP contribution in [0.4, 0.5) is 0 Å². The summed E-state index contributed by atoms with van der Waals surface area (Å²) in [5.74, 6) is 0.688. The van der Waals surface area contributed by atoms with E-state index in [-0.39, 0.29) is 13.2 Å². The van der Waals surface area contributed by atoms with Crippen molar-refractivity contribution in [2.45, 2.75) is 131 Å². The number of nitrogens with zero attached hydrogens (tertiary/aromatic N) is 4. The molecule has 0 heterocycles. The minimum Gasteiger partial charge on any atom is -0.508 e. The van der Waals surface area contributed by atoms with Crippen molar-refractivity contribution in [3.05, 3.63) is 130 Å². The molecule has 10 nitrogen and oxygen atoms in total. The van der Waals surface area contributed by atoms with Gasteiger partial charge in [-0.05, 0) is 99.8 Å². The number of aliphatic hydroxyl groups excluding tert-OH is 2. The summed E-state index contributed by atoms with van der Waals surface area (Å²) in [6.07, 6.45) is 13.0. The molecule has 0 radical (unpaired) electrons. The lowest BCUT2D eigenvalue weighted by Crippen LogP contribution is -2.36. The van der Waals surface area contributed by atoms with Gasteiger partial charge in [0.15, 0.2) is 0 Å². The van der Waals surface area contributed by atoms with Crippen LogP contribution in [0.3, 0.4) is 0 Å². The maximum absolute atomic E-state index is 10.3. The van der Waals surface area contributed by atoms with E-state index in [0.717, 1.165) is 141 Å². The van der Waals surface area contributed by atoms with Crippen LogP contribution in [0.25, 0.3) is 0 Å². The fourth-order valence-corrected chi connectivity index (χ4v) is 7.90. The highest BCUT2D eigenvalue weighted by Crippen LogP contribution is 2.20. The molecule has 0 unspecified atom stereocenters. The highest BCUT2D eigenvalue weighted by Gasteiger charge is 2.15. The van der Waals surface area contributed by atoms with Gasteiger partial charge in [-0.25, -0.2) is 0 Å². The lowest BCUT2D eigenvalue weighted by molar-refractivity contribution is 0.0166. The van der Waals surface area contributed by atoms with Crippen molar-refractivity contribution in [1.29, 1.82) is 0 Å².